The van der Waals surface area contributed by atoms with Crippen LogP contribution in [-0.2, 0) is 14.3 Å². The maximum atomic E-state index is 12.0. The van der Waals surface area contributed by atoms with Gasteiger partial charge >= 0.3 is 11.9 Å². The molecule has 0 unspecified atom stereocenters. The largest absolute Gasteiger partial charge is 0.478 e. The third-order valence-electron chi connectivity index (χ3n) is 11.8. The van der Waals surface area contributed by atoms with Gasteiger partial charge in [0.2, 0.25) is 0 Å². The summed E-state index contributed by atoms with van der Waals surface area (Å²) in [4.78, 5) is 23.4. The van der Waals surface area contributed by atoms with Gasteiger partial charge in [-0.05, 0) is 96.0 Å². The molecule has 0 aromatic carbocycles. The van der Waals surface area contributed by atoms with Gasteiger partial charge in [-0.25, -0.2) is 4.79 Å². The number of carbonyl (C=O) groups excluding carboxylic acids is 1. The van der Waals surface area contributed by atoms with E-state index < -0.39 is 5.97 Å². The maximum Gasteiger partial charge on any atom is 0.330 e. The molecule has 37 heavy (non-hydrogen) atoms. The number of carboxylic acids is 1. The molecular formula is C32H48O5. The van der Waals surface area contributed by atoms with Gasteiger partial charge in [0.25, 0.3) is 0 Å². The highest BCUT2D eigenvalue weighted by Crippen LogP contribution is 2.71. The molecule has 4 aliphatic carbocycles. The van der Waals surface area contributed by atoms with Crippen LogP contribution in [-0.4, -0.2) is 34.4 Å². The molecule has 5 nitrogen and oxygen atoms in total. The van der Waals surface area contributed by atoms with E-state index in [0.29, 0.717) is 18.3 Å². The minimum Gasteiger partial charge on any atom is -0.478 e. The lowest BCUT2D eigenvalue weighted by molar-refractivity contribution is -0.151. The zero-order valence-electron chi connectivity index (χ0n) is 24.2. The first-order valence-electron chi connectivity index (χ1n) is 14.3. The molecule has 0 saturated heterocycles. The van der Waals surface area contributed by atoms with E-state index in [1.165, 1.54) is 18.1 Å². The molecule has 5 heteroatoms. The summed E-state index contributed by atoms with van der Waals surface area (Å²) in [5.74, 6) is -0.352. The van der Waals surface area contributed by atoms with Crippen LogP contribution in [0.2, 0.25) is 0 Å². The van der Waals surface area contributed by atoms with Crippen molar-refractivity contribution in [3.05, 3.63) is 34.9 Å². The standard InChI is InChI=1S/C32H48O5/c1-19(28(35)36)9-11-25(37-21(3)33)20(2)22-13-17-32(8)24-10-12-26-29(4,5)27(34)15-16-30(26,6)23(24)14-18-31(22,32)7/h9-10,14,20,22,25-27,34H,11-13,15-18H2,1-8H3,(H,35,36)/b19-9+/t20-,22+,25-,26-,27+,30+,31+,32-/m0/s1. The average molecular weight is 513 g/mol. The number of hydrogen-bond acceptors (Lipinski definition) is 4. The van der Waals surface area contributed by atoms with Gasteiger partial charge in [-0.2, -0.15) is 0 Å². The summed E-state index contributed by atoms with van der Waals surface area (Å²) in [6, 6.07) is 0. The fourth-order valence-electron chi connectivity index (χ4n) is 9.10. The van der Waals surface area contributed by atoms with Crippen LogP contribution in [0.4, 0.5) is 0 Å². The van der Waals surface area contributed by atoms with Gasteiger partial charge in [0, 0.05) is 18.9 Å². The molecule has 0 aromatic heterocycles. The minimum absolute atomic E-state index is 0.0264. The number of fused-ring (bicyclic) bond motifs is 5. The summed E-state index contributed by atoms with van der Waals surface area (Å²) < 4.78 is 5.81. The van der Waals surface area contributed by atoms with Gasteiger partial charge in [0.15, 0.2) is 0 Å². The first-order valence-corrected chi connectivity index (χ1v) is 14.3. The Morgan fingerprint density at radius 2 is 1.76 bits per heavy atom. The zero-order valence-corrected chi connectivity index (χ0v) is 24.2. The van der Waals surface area contributed by atoms with E-state index >= 15 is 0 Å². The Morgan fingerprint density at radius 3 is 2.38 bits per heavy atom. The fourth-order valence-corrected chi connectivity index (χ4v) is 9.10. The number of rotatable bonds is 6. The summed E-state index contributed by atoms with van der Waals surface area (Å²) in [7, 11) is 0. The molecule has 2 saturated carbocycles. The first kappa shape index (κ1) is 28.1. The highest BCUT2D eigenvalue weighted by Gasteiger charge is 2.63. The number of carbonyl (C=O) groups is 2. The Bertz CT molecular complexity index is 1050. The summed E-state index contributed by atoms with van der Waals surface area (Å²) >= 11 is 0. The Hall–Kier alpha value is -1.88. The number of hydrogen-bond donors (Lipinski definition) is 2. The predicted molar refractivity (Wildman–Crippen MR) is 146 cm³/mol. The van der Waals surface area contributed by atoms with Crippen molar-refractivity contribution in [2.75, 3.05) is 0 Å². The van der Waals surface area contributed by atoms with Gasteiger partial charge in [0.05, 0.1) is 6.10 Å². The lowest BCUT2D eigenvalue weighted by atomic mass is 9.44. The molecule has 4 rings (SSSR count). The lowest BCUT2D eigenvalue weighted by Crippen LogP contribution is -2.54. The van der Waals surface area contributed by atoms with Gasteiger partial charge in [0.1, 0.15) is 6.10 Å². The molecule has 2 N–H and O–H groups in total. The Kier molecular flexibility index (Phi) is 7.14. The van der Waals surface area contributed by atoms with Crippen LogP contribution in [0.1, 0.15) is 100 Å². The van der Waals surface area contributed by atoms with Gasteiger partial charge in [-0.15, -0.1) is 0 Å². The van der Waals surface area contributed by atoms with E-state index in [2.05, 4.69) is 53.7 Å². The molecule has 2 fully saturated rings. The van der Waals surface area contributed by atoms with Crippen LogP contribution in [0.25, 0.3) is 0 Å². The number of esters is 1. The highest BCUT2D eigenvalue weighted by molar-refractivity contribution is 5.85. The van der Waals surface area contributed by atoms with Crippen molar-refractivity contribution < 1.29 is 24.5 Å². The van der Waals surface area contributed by atoms with Crippen LogP contribution in [0.3, 0.4) is 0 Å². The smallest absolute Gasteiger partial charge is 0.330 e. The summed E-state index contributed by atoms with van der Waals surface area (Å²) in [6.07, 6.45) is 12.6. The van der Waals surface area contributed by atoms with Crippen LogP contribution < -0.4 is 0 Å². The summed E-state index contributed by atoms with van der Waals surface area (Å²) in [5.41, 5.74) is 3.37. The fraction of sp³-hybridized carbons (Fsp3) is 0.750. The molecule has 0 aromatic rings. The lowest BCUT2D eigenvalue weighted by Gasteiger charge is -2.61. The molecule has 0 spiro atoms. The number of carboxylic acid groups (broad SMARTS) is 1. The molecule has 0 amide bonds. The monoisotopic (exact) mass is 512 g/mol. The third-order valence-corrected chi connectivity index (χ3v) is 11.8. The molecule has 0 aliphatic heterocycles. The topological polar surface area (TPSA) is 83.8 Å². The third kappa shape index (κ3) is 4.24. The number of ether oxygens (including phenoxy) is 1. The van der Waals surface area contributed by atoms with Crippen molar-refractivity contribution in [3.8, 4) is 0 Å². The van der Waals surface area contributed by atoms with Crippen molar-refractivity contribution in [2.24, 2.45) is 39.4 Å². The van der Waals surface area contributed by atoms with E-state index in [1.54, 1.807) is 13.0 Å². The minimum atomic E-state index is -0.936. The van der Waals surface area contributed by atoms with Crippen molar-refractivity contribution in [3.63, 3.8) is 0 Å². The van der Waals surface area contributed by atoms with Crippen molar-refractivity contribution >= 4 is 11.9 Å². The second-order valence-corrected chi connectivity index (χ2v) is 13.9. The SMILES string of the molecule is CC(=O)O[C@@H](C/C=C(\C)C(=O)O)[C@@H](C)[C@H]1CC[C@@]2(C)C3=CC[C@H]4C(C)(C)[C@H](O)CC[C@]4(C)C3=CC[C@]12C. The summed E-state index contributed by atoms with van der Waals surface area (Å²) in [6.45, 7) is 17.1. The van der Waals surface area contributed by atoms with E-state index in [4.69, 9.17) is 4.74 Å². The predicted octanol–water partition coefficient (Wildman–Crippen LogP) is 6.86. The van der Waals surface area contributed by atoms with Gasteiger partial charge < -0.3 is 14.9 Å². The van der Waals surface area contributed by atoms with E-state index in [-0.39, 0.29) is 51.3 Å². The Morgan fingerprint density at radius 1 is 1.08 bits per heavy atom. The number of allylic oxidation sites excluding steroid dienone is 4. The molecule has 0 bridgehead atoms. The molecule has 0 radical (unpaired) electrons. The highest BCUT2D eigenvalue weighted by atomic mass is 16.5. The normalized spacial score (nSPS) is 40.4. The molecule has 4 aliphatic rings. The first-order chi connectivity index (χ1) is 17.1. The Balaban J connectivity index is 1.67. The molecular weight excluding hydrogens is 464 g/mol. The molecule has 8 atom stereocenters. The van der Waals surface area contributed by atoms with E-state index in [9.17, 15) is 19.8 Å². The number of aliphatic hydroxyl groups is 1. The van der Waals surface area contributed by atoms with Crippen molar-refractivity contribution in [2.45, 2.75) is 113 Å². The number of aliphatic hydroxyl groups excluding tert-OH is 1. The van der Waals surface area contributed by atoms with E-state index in [0.717, 1.165) is 38.5 Å². The quantitative estimate of drug-likeness (QED) is 0.300. The second-order valence-electron chi connectivity index (χ2n) is 13.9. The zero-order chi connectivity index (χ0) is 27.6. The van der Waals surface area contributed by atoms with Crippen LogP contribution in [0.5, 0.6) is 0 Å². The molecule has 206 valence electrons. The average Bonchev–Trinajstić information content (AvgIpc) is 3.09. The Labute approximate surface area is 223 Å². The maximum absolute atomic E-state index is 12.0. The van der Waals surface area contributed by atoms with Crippen LogP contribution in [0, 0.1) is 39.4 Å². The van der Waals surface area contributed by atoms with Crippen molar-refractivity contribution in [1.29, 1.82) is 0 Å². The number of aliphatic carboxylic acids is 1. The van der Waals surface area contributed by atoms with Gasteiger partial charge in [-0.3, -0.25) is 4.79 Å². The molecule has 0 heterocycles. The second kappa shape index (κ2) is 9.39. The summed E-state index contributed by atoms with van der Waals surface area (Å²) in [5, 5.41) is 20.1. The van der Waals surface area contributed by atoms with Crippen LogP contribution >= 0.6 is 0 Å². The van der Waals surface area contributed by atoms with Crippen LogP contribution in [0.15, 0.2) is 34.9 Å². The van der Waals surface area contributed by atoms with E-state index in [1.807, 2.05) is 0 Å². The van der Waals surface area contributed by atoms with Gasteiger partial charge in [-0.1, -0.05) is 59.8 Å². The van der Waals surface area contributed by atoms with Crippen molar-refractivity contribution in [1.82, 2.24) is 0 Å².